The van der Waals surface area contributed by atoms with Gasteiger partial charge in [0, 0.05) is 29.7 Å². The van der Waals surface area contributed by atoms with E-state index in [-0.39, 0.29) is 11.8 Å². The van der Waals surface area contributed by atoms with E-state index in [9.17, 15) is 9.59 Å². The number of carbonyl (C=O) groups excluding carboxylic acids is 2. The number of fused-ring (bicyclic) bond motifs is 1. The van der Waals surface area contributed by atoms with Gasteiger partial charge in [0.1, 0.15) is 11.7 Å². The van der Waals surface area contributed by atoms with Crippen LogP contribution in [0.25, 0.3) is 11.0 Å². The Morgan fingerprint density at radius 2 is 1.92 bits per heavy atom. The van der Waals surface area contributed by atoms with Crippen LogP contribution in [0.4, 0.5) is 0 Å². The van der Waals surface area contributed by atoms with Crippen molar-refractivity contribution in [3.8, 4) is 0 Å². The first-order valence-electron chi connectivity index (χ1n) is 8.84. The SMILES string of the molecule is CC1(C)OB(c2cnc3c(ccn3C3CCC(=O)NC3=O)c2)OC1(C)C. The van der Waals surface area contributed by atoms with Crippen LogP contribution in [0.15, 0.2) is 24.5 Å². The molecule has 8 heteroatoms. The number of rotatable bonds is 2. The third-order valence-electron chi connectivity index (χ3n) is 5.65. The number of pyridine rings is 1. The molecule has 2 fully saturated rings. The molecule has 1 atom stereocenters. The summed E-state index contributed by atoms with van der Waals surface area (Å²) in [6.07, 6.45) is 4.38. The Balaban J connectivity index is 1.64. The molecule has 0 aliphatic carbocycles. The van der Waals surface area contributed by atoms with E-state index in [1.165, 1.54) is 0 Å². The van der Waals surface area contributed by atoms with Crippen molar-refractivity contribution < 1.29 is 18.9 Å². The minimum Gasteiger partial charge on any atom is -0.399 e. The summed E-state index contributed by atoms with van der Waals surface area (Å²) >= 11 is 0. The van der Waals surface area contributed by atoms with E-state index in [0.717, 1.165) is 10.8 Å². The average Bonchev–Trinajstić information content (AvgIpc) is 3.05. The first-order valence-corrected chi connectivity index (χ1v) is 8.84. The predicted molar refractivity (Wildman–Crippen MR) is 96.9 cm³/mol. The summed E-state index contributed by atoms with van der Waals surface area (Å²) in [6, 6.07) is 3.48. The molecule has 1 unspecified atom stereocenters. The van der Waals surface area contributed by atoms with Crippen LogP contribution in [-0.2, 0) is 18.9 Å². The largest absolute Gasteiger partial charge is 0.496 e. The monoisotopic (exact) mass is 355 g/mol. The van der Waals surface area contributed by atoms with Gasteiger partial charge in [0.25, 0.3) is 0 Å². The molecule has 2 aromatic heterocycles. The molecule has 26 heavy (non-hydrogen) atoms. The fourth-order valence-corrected chi connectivity index (χ4v) is 3.37. The van der Waals surface area contributed by atoms with Crippen molar-refractivity contribution in [1.29, 1.82) is 0 Å². The smallest absolute Gasteiger partial charge is 0.399 e. The third-order valence-corrected chi connectivity index (χ3v) is 5.65. The van der Waals surface area contributed by atoms with Crippen molar-refractivity contribution >= 4 is 35.4 Å². The van der Waals surface area contributed by atoms with E-state index < -0.39 is 24.4 Å². The Bertz CT molecular complexity index is 889. The van der Waals surface area contributed by atoms with E-state index in [2.05, 4.69) is 10.3 Å². The molecule has 0 bridgehead atoms. The summed E-state index contributed by atoms with van der Waals surface area (Å²) < 4.78 is 14.0. The molecule has 1 N–H and O–H groups in total. The van der Waals surface area contributed by atoms with E-state index in [4.69, 9.17) is 9.31 Å². The van der Waals surface area contributed by atoms with Gasteiger partial charge in [-0.15, -0.1) is 0 Å². The summed E-state index contributed by atoms with van der Waals surface area (Å²) in [6.45, 7) is 8.05. The second-order valence-electron chi connectivity index (χ2n) is 7.96. The van der Waals surface area contributed by atoms with Crippen molar-refractivity contribution in [3.63, 3.8) is 0 Å². The fourth-order valence-electron chi connectivity index (χ4n) is 3.37. The topological polar surface area (TPSA) is 82.5 Å². The number of hydrogen-bond acceptors (Lipinski definition) is 5. The normalized spacial score (nSPS) is 24.9. The van der Waals surface area contributed by atoms with Crippen molar-refractivity contribution in [3.05, 3.63) is 24.5 Å². The van der Waals surface area contributed by atoms with Gasteiger partial charge < -0.3 is 13.9 Å². The molecule has 4 rings (SSSR count). The molecule has 2 aliphatic heterocycles. The highest BCUT2D eigenvalue weighted by Crippen LogP contribution is 2.36. The lowest BCUT2D eigenvalue weighted by atomic mass is 9.80. The Morgan fingerprint density at radius 3 is 2.58 bits per heavy atom. The molecule has 4 heterocycles. The molecular weight excluding hydrogens is 333 g/mol. The van der Waals surface area contributed by atoms with Gasteiger partial charge in [-0.05, 0) is 46.2 Å². The summed E-state index contributed by atoms with van der Waals surface area (Å²) in [5.74, 6) is -0.505. The van der Waals surface area contributed by atoms with Gasteiger partial charge in [-0.2, -0.15) is 0 Å². The first kappa shape index (κ1) is 17.2. The number of imide groups is 1. The quantitative estimate of drug-likeness (QED) is 0.649. The molecule has 7 nitrogen and oxygen atoms in total. The van der Waals surface area contributed by atoms with Gasteiger partial charge in [-0.1, -0.05) is 0 Å². The standard InChI is InChI=1S/C18H22BN3O4/c1-17(2)18(3,4)26-19(25-17)12-9-11-7-8-22(15(11)20-10-12)13-5-6-14(23)21-16(13)24/h7-10,13H,5-6H2,1-4H3,(H,21,23,24). The van der Waals surface area contributed by atoms with Crippen LogP contribution in [0.3, 0.4) is 0 Å². The number of carbonyl (C=O) groups is 2. The molecular formula is C18H22BN3O4. The molecule has 0 spiro atoms. The highest BCUT2D eigenvalue weighted by molar-refractivity contribution is 6.62. The van der Waals surface area contributed by atoms with E-state index in [1.54, 1.807) is 6.20 Å². The Labute approximate surface area is 152 Å². The highest BCUT2D eigenvalue weighted by Gasteiger charge is 2.51. The highest BCUT2D eigenvalue weighted by atomic mass is 16.7. The molecule has 0 radical (unpaired) electrons. The molecule has 136 valence electrons. The predicted octanol–water partition coefficient (Wildman–Crippen LogP) is 1.31. The van der Waals surface area contributed by atoms with E-state index in [1.807, 2.05) is 50.6 Å². The zero-order chi connectivity index (χ0) is 18.7. The maximum atomic E-state index is 12.1. The average molecular weight is 355 g/mol. The van der Waals surface area contributed by atoms with Gasteiger partial charge in [0.2, 0.25) is 11.8 Å². The minimum absolute atomic E-state index is 0.223. The van der Waals surface area contributed by atoms with Gasteiger partial charge >= 0.3 is 7.12 Å². The molecule has 0 aromatic carbocycles. The minimum atomic E-state index is -0.476. The van der Waals surface area contributed by atoms with Crippen LogP contribution in [-0.4, -0.2) is 39.7 Å². The second-order valence-corrected chi connectivity index (χ2v) is 7.96. The number of hydrogen-bond donors (Lipinski definition) is 1. The van der Waals surface area contributed by atoms with Gasteiger partial charge in [-0.3, -0.25) is 14.9 Å². The van der Waals surface area contributed by atoms with Crippen LogP contribution in [0.5, 0.6) is 0 Å². The zero-order valence-electron chi connectivity index (χ0n) is 15.4. The molecule has 2 amide bonds. The summed E-state index contributed by atoms with van der Waals surface area (Å²) in [7, 11) is -0.476. The van der Waals surface area contributed by atoms with Crippen molar-refractivity contribution in [1.82, 2.24) is 14.9 Å². The van der Waals surface area contributed by atoms with Crippen molar-refractivity contribution in [2.75, 3.05) is 0 Å². The zero-order valence-corrected chi connectivity index (χ0v) is 15.4. The first-order chi connectivity index (χ1) is 12.2. The second kappa shape index (κ2) is 5.66. The van der Waals surface area contributed by atoms with Crippen molar-refractivity contribution in [2.45, 2.75) is 57.8 Å². The number of amides is 2. The lowest BCUT2D eigenvalue weighted by Gasteiger charge is -2.32. The maximum absolute atomic E-state index is 12.1. The molecule has 0 saturated carbocycles. The third kappa shape index (κ3) is 2.64. The Hall–Kier alpha value is -2.19. The number of nitrogens with zero attached hydrogens (tertiary/aromatic N) is 2. The van der Waals surface area contributed by atoms with Gasteiger partial charge in [0.15, 0.2) is 0 Å². The fraction of sp³-hybridized carbons (Fsp3) is 0.500. The number of piperidine rings is 1. The molecule has 2 aliphatic rings. The summed E-state index contributed by atoms with van der Waals surface area (Å²) in [5, 5.41) is 3.29. The maximum Gasteiger partial charge on any atom is 0.496 e. The van der Waals surface area contributed by atoms with E-state index >= 15 is 0 Å². The van der Waals surface area contributed by atoms with Crippen LogP contribution < -0.4 is 10.8 Å². The lowest BCUT2D eigenvalue weighted by molar-refractivity contribution is -0.135. The molecule has 2 saturated heterocycles. The Kier molecular flexibility index (Phi) is 3.75. The number of nitrogens with one attached hydrogen (secondary N) is 1. The van der Waals surface area contributed by atoms with Crippen LogP contribution >= 0.6 is 0 Å². The summed E-state index contributed by atoms with van der Waals surface area (Å²) in [4.78, 5) is 28.1. The lowest BCUT2D eigenvalue weighted by Crippen LogP contribution is -2.41. The van der Waals surface area contributed by atoms with Crippen LogP contribution in [0.1, 0.15) is 46.6 Å². The molecule has 2 aromatic rings. The van der Waals surface area contributed by atoms with Gasteiger partial charge in [-0.25, -0.2) is 4.98 Å². The van der Waals surface area contributed by atoms with Crippen LogP contribution in [0, 0.1) is 0 Å². The Morgan fingerprint density at radius 1 is 1.23 bits per heavy atom. The van der Waals surface area contributed by atoms with Crippen molar-refractivity contribution in [2.24, 2.45) is 0 Å². The van der Waals surface area contributed by atoms with Crippen LogP contribution in [0.2, 0.25) is 0 Å². The summed E-state index contributed by atoms with van der Waals surface area (Å²) in [5.41, 5.74) is 0.730. The van der Waals surface area contributed by atoms with Gasteiger partial charge in [0.05, 0.1) is 11.2 Å². The number of aromatic nitrogens is 2. The van der Waals surface area contributed by atoms with E-state index in [0.29, 0.717) is 18.5 Å².